The van der Waals surface area contributed by atoms with Crippen LogP contribution in [0.25, 0.3) is 0 Å². The molecule has 2 rings (SSSR count). The Morgan fingerprint density at radius 3 is 2.90 bits per heavy atom. The van der Waals surface area contributed by atoms with E-state index < -0.39 is 0 Å². The molecule has 1 aliphatic heterocycles. The van der Waals surface area contributed by atoms with E-state index in [9.17, 15) is 9.59 Å². The second-order valence-electron chi connectivity index (χ2n) is 5.42. The quantitative estimate of drug-likeness (QED) is 0.830. The number of carbonyl (C=O) groups is 2. The summed E-state index contributed by atoms with van der Waals surface area (Å²) in [5, 5.41) is 6.27. The van der Waals surface area contributed by atoms with Crippen LogP contribution in [0.4, 0.5) is 5.69 Å². The summed E-state index contributed by atoms with van der Waals surface area (Å²) in [6.07, 6.45) is 2.20. The minimum absolute atomic E-state index is 0.0526. The Morgan fingerprint density at radius 2 is 2.20 bits per heavy atom. The number of Topliss-reactive ketones (excluding diaryl/α,β-unsaturated/α-hetero) is 1. The Kier molecular flexibility index (Phi) is 4.90. The van der Waals surface area contributed by atoms with Crippen LogP contribution in [0.1, 0.15) is 43.5 Å². The molecule has 1 fully saturated rings. The number of rotatable bonds is 4. The molecule has 2 atom stereocenters. The maximum Gasteiger partial charge on any atom is 0.227 e. The van der Waals surface area contributed by atoms with Gasteiger partial charge < -0.3 is 10.6 Å². The van der Waals surface area contributed by atoms with Crippen molar-refractivity contribution in [2.45, 2.75) is 39.2 Å². The topological polar surface area (TPSA) is 58.2 Å². The third-order valence-electron chi connectivity index (χ3n) is 3.77. The van der Waals surface area contributed by atoms with Crippen molar-refractivity contribution in [3.8, 4) is 0 Å². The van der Waals surface area contributed by atoms with Gasteiger partial charge in [-0.2, -0.15) is 0 Å². The number of ketones is 1. The third kappa shape index (κ3) is 3.67. The highest BCUT2D eigenvalue weighted by Crippen LogP contribution is 2.19. The van der Waals surface area contributed by atoms with E-state index in [1.165, 1.54) is 0 Å². The number of amides is 1. The normalized spacial score (nSPS) is 22.3. The van der Waals surface area contributed by atoms with Gasteiger partial charge in [-0.05, 0) is 38.4 Å². The number of anilines is 1. The van der Waals surface area contributed by atoms with Crippen molar-refractivity contribution >= 4 is 17.4 Å². The molecule has 1 amide bonds. The number of nitrogens with one attached hydrogen (secondary N) is 2. The van der Waals surface area contributed by atoms with Gasteiger partial charge >= 0.3 is 0 Å². The van der Waals surface area contributed by atoms with Crippen molar-refractivity contribution in [2.24, 2.45) is 5.92 Å². The van der Waals surface area contributed by atoms with Gasteiger partial charge in [0.05, 0.1) is 0 Å². The molecule has 20 heavy (non-hydrogen) atoms. The summed E-state index contributed by atoms with van der Waals surface area (Å²) >= 11 is 0. The molecular weight excluding hydrogens is 252 g/mol. The minimum Gasteiger partial charge on any atom is -0.326 e. The fraction of sp³-hybridized carbons (Fsp3) is 0.500. The highest BCUT2D eigenvalue weighted by molar-refractivity contribution is 5.98. The van der Waals surface area contributed by atoms with Crippen molar-refractivity contribution in [2.75, 3.05) is 11.9 Å². The standard InChI is InChI=1S/C16H22N2O2/c1-3-15(19)12-5-4-6-14(10-12)18-16(20)13-7-8-17-11(2)9-13/h4-6,10-11,13,17H,3,7-9H2,1-2H3,(H,18,20)/t11-,13-/m0/s1. The zero-order chi connectivity index (χ0) is 14.5. The van der Waals surface area contributed by atoms with Gasteiger partial charge in [-0.25, -0.2) is 0 Å². The van der Waals surface area contributed by atoms with Crippen LogP contribution in [-0.2, 0) is 4.79 Å². The Balaban J connectivity index is 2.02. The van der Waals surface area contributed by atoms with Gasteiger partial charge in [-0.1, -0.05) is 19.1 Å². The van der Waals surface area contributed by atoms with Crippen molar-refractivity contribution in [3.63, 3.8) is 0 Å². The van der Waals surface area contributed by atoms with E-state index in [-0.39, 0.29) is 17.6 Å². The first-order valence-electron chi connectivity index (χ1n) is 7.27. The van der Waals surface area contributed by atoms with E-state index in [1.807, 2.05) is 19.1 Å². The fourth-order valence-corrected chi connectivity index (χ4v) is 2.59. The van der Waals surface area contributed by atoms with Crippen LogP contribution >= 0.6 is 0 Å². The maximum atomic E-state index is 12.2. The van der Waals surface area contributed by atoms with Crippen molar-refractivity contribution < 1.29 is 9.59 Å². The molecule has 2 N–H and O–H groups in total. The molecule has 0 spiro atoms. The summed E-state index contributed by atoms with van der Waals surface area (Å²) in [4.78, 5) is 23.9. The zero-order valence-electron chi connectivity index (χ0n) is 12.1. The highest BCUT2D eigenvalue weighted by atomic mass is 16.2. The van der Waals surface area contributed by atoms with E-state index in [2.05, 4.69) is 17.6 Å². The first-order chi connectivity index (χ1) is 9.60. The molecule has 1 aromatic carbocycles. The first kappa shape index (κ1) is 14.7. The van der Waals surface area contributed by atoms with Gasteiger partial charge in [-0.3, -0.25) is 9.59 Å². The molecule has 0 bridgehead atoms. The average Bonchev–Trinajstić information content (AvgIpc) is 2.46. The van der Waals surface area contributed by atoms with E-state index in [0.717, 1.165) is 19.4 Å². The van der Waals surface area contributed by atoms with Crippen LogP contribution in [-0.4, -0.2) is 24.3 Å². The molecule has 1 saturated heterocycles. The van der Waals surface area contributed by atoms with E-state index >= 15 is 0 Å². The largest absolute Gasteiger partial charge is 0.326 e. The van der Waals surface area contributed by atoms with Crippen LogP contribution in [0.15, 0.2) is 24.3 Å². The smallest absolute Gasteiger partial charge is 0.227 e. The van der Waals surface area contributed by atoms with Crippen LogP contribution in [0, 0.1) is 5.92 Å². The lowest BCUT2D eigenvalue weighted by Crippen LogP contribution is -2.40. The fourth-order valence-electron chi connectivity index (χ4n) is 2.59. The predicted molar refractivity (Wildman–Crippen MR) is 79.9 cm³/mol. The SMILES string of the molecule is CCC(=O)c1cccc(NC(=O)[C@H]2CCN[C@@H](C)C2)c1. The molecule has 4 nitrogen and oxygen atoms in total. The molecule has 0 radical (unpaired) electrons. The highest BCUT2D eigenvalue weighted by Gasteiger charge is 2.24. The molecule has 0 aromatic heterocycles. The average molecular weight is 274 g/mol. The van der Waals surface area contributed by atoms with Crippen LogP contribution in [0.3, 0.4) is 0 Å². The number of piperidine rings is 1. The number of hydrogen-bond acceptors (Lipinski definition) is 3. The Bertz CT molecular complexity index is 499. The second-order valence-corrected chi connectivity index (χ2v) is 5.42. The van der Waals surface area contributed by atoms with Crippen molar-refractivity contribution in [1.29, 1.82) is 0 Å². The van der Waals surface area contributed by atoms with Gasteiger partial charge in [0.2, 0.25) is 5.91 Å². The summed E-state index contributed by atoms with van der Waals surface area (Å²) in [5.41, 5.74) is 1.37. The summed E-state index contributed by atoms with van der Waals surface area (Å²) in [6.45, 7) is 4.82. The molecule has 1 heterocycles. The number of carbonyl (C=O) groups excluding carboxylic acids is 2. The molecule has 0 saturated carbocycles. The van der Waals surface area contributed by atoms with Crippen molar-refractivity contribution in [1.82, 2.24) is 5.32 Å². The monoisotopic (exact) mass is 274 g/mol. The predicted octanol–water partition coefficient (Wildman–Crippen LogP) is 2.61. The molecule has 108 valence electrons. The Morgan fingerprint density at radius 1 is 1.40 bits per heavy atom. The minimum atomic E-state index is 0.0526. The maximum absolute atomic E-state index is 12.2. The summed E-state index contributed by atoms with van der Waals surface area (Å²) in [5.74, 6) is 0.202. The molecular formula is C16H22N2O2. The van der Waals surface area contributed by atoms with E-state index in [4.69, 9.17) is 0 Å². The lowest BCUT2D eigenvalue weighted by atomic mass is 9.92. The van der Waals surface area contributed by atoms with Gasteiger partial charge in [0, 0.05) is 29.6 Å². The lowest BCUT2D eigenvalue weighted by Gasteiger charge is -2.27. The third-order valence-corrected chi connectivity index (χ3v) is 3.77. The molecule has 0 unspecified atom stereocenters. The lowest BCUT2D eigenvalue weighted by molar-refractivity contribution is -0.120. The number of hydrogen-bond donors (Lipinski definition) is 2. The summed E-state index contributed by atoms with van der Waals surface area (Å²) in [7, 11) is 0. The van der Waals surface area contributed by atoms with Gasteiger partial charge in [0.1, 0.15) is 0 Å². The molecule has 1 aliphatic rings. The van der Waals surface area contributed by atoms with E-state index in [0.29, 0.717) is 23.7 Å². The van der Waals surface area contributed by atoms with Gasteiger partial charge in [0.15, 0.2) is 5.78 Å². The van der Waals surface area contributed by atoms with E-state index in [1.54, 1.807) is 12.1 Å². The first-order valence-corrected chi connectivity index (χ1v) is 7.27. The molecule has 4 heteroatoms. The second kappa shape index (κ2) is 6.66. The zero-order valence-corrected chi connectivity index (χ0v) is 12.1. The Hall–Kier alpha value is -1.68. The van der Waals surface area contributed by atoms with Crippen LogP contribution in [0.5, 0.6) is 0 Å². The van der Waals surface area contributed by atoms with Crippen LogP contribution in [0.2, 0.25) is 0 Å². The summed E-state index contributed by atoms with van der Waals surface area (Å²) in [6, 6.07) is 7.56. The van der Waals surface area contributed by atoms with Crippen molar-refractivity contribution in [3.05, 3.63) is 29.8 Å². The Labute approximate surface area is 119 Å². The molecule has 1 aromatic rings. The number of benzene rings is 1. The van der Waals surface area contributed by atoms with Crippen LogP contribution < -0.4 is 10.6 Å². The summed E-state index contributed by atoms with van der Waals surface area (Å²) < 4.78 is 0. The molecule has 0 aliphatic carbocycles. The van der Waals surface area contributed by atoms with Gasteiger partial charge in [0.25, 0.3) is 0 Å². The van der Waals surface area contributed by atoms with Gasteiger partial charge in [-0.15, -0.1) is 0 Å².